The smallest absolute Gasteiger partial charge is 0.407 e. The van der Waals surface area contributed by atoms with Crippen molar-refractivity contribution in [3.8, 4) is 0 Å². The van der Waals surface area contributed by atoms with E-state index in [-0.39, 0.29) is 21.8 Å². The van der Waals surface area contributed by atoms with Crippen molar-refractivity contribution in [1.82, 2.24) is 14.8 Å². The van der Waals surface area contributed by atoms with Gasteiger partial charge < -0.3 is 14.9 Å². The van der Waals surface area contributed by atoms with Crippen LogP contribution in [0.5, 0.6) is 0 Å². The predicted octanol–water partition coefficient (Wildman–Crippen LogP) is 2.10. The van der Waals surface area contributed by atoms with Gasteiger partial charge in [-0.25, -0.2) is 13.2 Å². The summed E-state index contributed by atoms with van der Waals surface area (Å²) in [4.78, 5) is 31.0. The number of carbonyl (C=O) groups excluding carboxylic acids is 1. The lowest BCUT2D eigenvalue weighted by Gasteiger charge is -2.52. The molecule has 3 heterocycles. The van der Waals surface area contributed by atoms with Crippen LogP contribution in [0.15, 0.2) is 53.7 Å². The van der Waals surface area contributed by atoms with Gasteiger partial charge in [0.15, 0.2) is 0 Å². The lowest BCUT2D eigenvalue weighted by Crippen LogP contribution is -2.62. The number of anilines is 1. The molecule has 2 N–H and O–H groups in total. The maximum Gasteiger partial charge on any atom is 0.407 e. The van der Waals surface area contributed by atoms with Gasteiger partial charge in [-0.05, 0) is 37.1 Å². The first kappa shape index (κ1) is 20.1. The number of carbonyl (C=O) groups is 2. The van der Waals surface area contributed by atoms with E-state index in [0.29, 0.717) is 44.7 Å². The highest BCUT2D eigenvalue weighted by molar-refractivity contribution is 7.92. The number of aromatic nitrogens is 1. The fourth-order valence-electron chi connectivity index (χ4n) is 4.08. The summed E-state index contributed by atoms with van der Waals surface area (Å²) >= 11 is 0. The standard InChI is InChI=1S/C20H22N4O5S/c25-18(23-10-7-20(8-11-23)13-24(14-20)19(26)27)16-5-1-2-6-17(16)30(28,29)22-15-4-3-9-21-12-15/h1-6,9,12,22H,7-8,10-11,13-14H2,(H,26,27). The van der Waals surface area contributed by atoms with Gasteiger partial charge in [0.2, 0.25) is 0 Å². The molecule has 30 heavy (non-hydrogen) atoms. The number of piperidine rings is 1. The van der Waals surface area contributed by atoms with E-state index in [1.54, 1.807) is 29.2 Å². The topological polar surface area (TPSA) is 120 Å². The molecule has 9 nitrogen and oxygen atoms in total. The van der Waals surface area contributed by atoms with E-state index in [1.807, 2.05) is 0 Å². The minimum absolute atomic E-state index is 0.0668. The third-order valence-corrected chi connectivity index (χ3v) is 7.19. The molecule has 2 aliphatic rings. The molecule has 2 saturated heterocycles. The van der Waals surface area contributed by atoms with Crippen molar-refractivity contribution < 1.29 is 23.1 Å². The molecule has 0 aliphatic carbocycles. The Morgan fingerprint density at radius 1 is 1.03 bits per heavy atom. The van der Waals surface area contributed by atoms with Gasteiger partial charge in [0.05, 0.1) is 17.4 Å². The van der Waals surface area contributed by atoms with Gasteiger partial charge >= 0.3 is 6.09 Å². The lowest BCUT2D eigenvalue weighted by molar-refractivity contribution is -0.0300. The first-order chi connectivity index (χ1) is 14.3. The quantitative estimate of drug-likeness (QED) is 0.767. The van der Waals surface area contributed by atoms with Crippen LogP contribution < -0.4 is 4.72 Å². The summed E-state index contributed by atoms with van der Waals surface area (Å²) in [6, 6.07) is 9.34. The summed E-state index contributed by atoms with van der Waals surface area (Å²) in [5.41, 5.74) is 0.362. The predicted molar refractivity (Wildman–Crippen MR) is 109 cm³/mol. The fraction of sp³-hybridized carbons (Fsp3) is 0.350. The van der Waals surface area contributed by atoms with Crippen LogP contribution in [0.4, 0.5) is 10.5 Å². The Hall–Kier alpha value is -3.14. The van der Waals surface area contributed by atoms with Crippen LogP contribution >= 0.6 is 0 Å². The molecule has 10 heteroatoms. The van der Waals surface area contributed by atoms with E-state index in [0.717, 1.165) is 0 Å². The molecule has 0 radical (unpaired) electrons. The number of amides is 2. The van der Waals surface area contributed by atoms with Crippen LogP contribution in [-0.2, 0) is 10.0 Å². The summed E-state index contributed by atoms with van der Waals surface area (Å²) in [6.07, 6.45) is 3.41. The Kier molecular flexibility index (Phi) is 5.10. The molecule has 1 aromatic heterocycles. The first-order valence-corrected chi connectivity index (χ1v) is 11.1. The summed E-state index contributed by atoms with van der Waals surface area (Å²) in [5.74, 6) is -0.341. The second-order valence-electron chi connectivity index (χ2n) is 7.77. The number of rotatable bonds is 4. The summed E-state index contributed by atoms with van der Waals surface area (Å²) in [6.45, 7) is 1.92. The second-order valence-corrected chi connectivity index (χ2v) is 9.43. The molecular formula is C20H22N4O5S. The molecule has 1 aromatic carbocycles. The highest BCUT2D eigenvalue weighted by Crippen LogP contribution is 2.40. The average Bonchev–Trinajstić information content (AvgIpc) is 2.72. The highest BCUT2D eigenvalue weighted by Gasteiger charge is 2.47. The van der Waals surface area contributed by atoms with Gasteiger partial charge in [-0.1, -0.05) is 12.1 Å². The third-order valence-electron chi connectivity index (χ3n) is 5.76. The van der Waals surface area contributed by atoms with Crippen molar-refractivity contribution in [3.05, 3.63) is 54.4 Å². The van der Waals surface area contributed by atoms with Crippen molar-refractivity contribution in [2.24, 2.45) is 5.41 Å². The van der Waals surface area contributed by atoms with Crippen LogP contribution in [0, 0.1) is 5.41 Å². The second kappa shape index (κ2) is 7.60. The number of hydrogen-bond donors (Lipinski definition) is 2. The van der Waals surface area contributed by atoms with Crippen molar-refractivity contribution in [2.45, 2.75) is 17.7 Å². The van der Waals surface area contributed by atoms with Gasteiger partial charge in [0.1, 0.15) is 4.90 Å². The molecule has 0 bridgehead atoms. The van der Waals surface area contributed by atoms with Gasteiger partial charge in [-0.3, -0.25) is 14.5 Å². The Balaban J connectivity index is 1.49. The van der Waals surface area contributed by atoms with E-state index in [9.17, 15) is 18.0 Å². The maximum atomic E-state index is 13.1. The lowest BCUT2D eigenvalue weighted by atomic mass is 9.72. The minimum Gasteiger partial charge on any atom is -0.465 e. The molecule has 1 spiro atoms. The zero-order valence-electron chi connectivity index (χ0n) is 16.2. The molecule has 0 unspecified atom stereocenters. The van der Waals surface area contributed by atoms with Gasteiger partial charge in [0, 0.05) is 37.8 Å². The van der Waals surface area contributed by atoms with Crippen molar-refractivity contribution in [1.29, 1.82) is 0 Å². The van der Waals surface area contributed by atoms with Crippen LogP contribution in [0.2, 0.25) is 0 Å². The number of hydrogen-bond acceptors (Lipinski definition) is 5. The van der Waals surface area contributed by atoms with E-state index < -0.39 is 16.1 Å². The van der Waals surface area contributed by atoms with Gasteiger partial charge in [-0.2, -0.15) is 0 Å². The zero-order chi connectivity index (χ0) is 21.4. The Morgan fingerprint density at radius 3 is 2.37 bits per heavy atom. The minimum atomic E-state index is -3.97. The molecule has 4 rings (SSSR count). The van der Waals surface area contributed by atoms with Gasteiger partial charge in [-0.15, -0.1) is 0 Å². The Morgan fingerprint density at radius 2 is 1.73 bits per heavy atom. The van der Waals surface area contributed by atoms with E-state index in [4.69, 9.17) is 5.11 Å². The zero-order valence-corrected chi connectivity index (χ0v) is 17.0. The van der Waals surface area contributed by atoms with Crippen molar-refractivity contribution in [2.75, 3.05) is 30.9 Å². The van der Waals surface area contributed by atoms with Crippen molar-refractivity contribution >= 4 is 27.7 Å². The normalized spacial score (nSPS) is 18.0. The summed E-state index contributed by atoms with van der Waals surface area (Å²) in [7, 11) is -3.97. The molecule has 158 valence electrons. The Bertz CT molecular complexity index is 1060. The molecule has 2 amide bonds. The van der Waals surface area contributed by atoms with Gasteiger partial charge in [0.25, 0.3) is 15.9 Å². The molecule has 2 aromatic rings. The van der Waals surface area contributed by atoms with E-state index in [2.05, 4.69) is 9.71 Å². The maximum absolute atomic E-state index is 13.1. The number of nitrogens with one attached hydrogen (secondary N) is 1. The number of pyridine rings is 1. The van der Waals surface area contributed by atoms with E-state index in [1.165, 1.54) is 29.4 Å². The van der Waals surface area contributed by atoms with Crippen molar-refractivity contribution in [3.63, 3.8) is 0 Å². The number of carboxylic acid groups (broad SMARTS) is 1. The molecule has 0 saturated carbocycles. The third kappa shape index (κ3) is 3.82. The average molecular weight is 430 g/mol. The molecule has 0 atom stereocenters. The van der Waals surface area contributed by atoms with Crippen LogP contribution in [0.3, 0.4) is 0 Å². The summed E-state index contributed by atoms with van der Waals surface area (Å²) in [5, 5.41) is 9.04. The largest absolute Gasteiger partial charge is 0.465 e. The molecule has 2 aliphatic heterocycles. The van der Waals surface area contributed by atoms with E-state index >= 15 is 0 Å². The fourth-order valence-corrected chi connectivity index (χ4v) is 5.32. The monoisotopic (exact) mass is 430 g/mol. The van der Waals surface area contributed by atoms with Crippen LogP contribution in [-0.4, -0.2) is 66.5 Å². The van der Waals surface area contributed by atoms with Crippen LogP contribution in [0.25, 0.3) is 0 Å². The first-order valence-electron chi connectivity index (χ1n) is 9.59. The number of likely N-dealkylation sites (tertiary alicyclic amines) is 2. The summed E-state index contributed by atoms with van der Waals surface area (Å²) < 4.78 is 28.3. The number of benzene rings is 1. The SMILES string of the molecule is O=C(O)N1CC2(CCN(C(=O)c3ccccc3S(=O)(=O)Nc3cccnc3)CC2)C1. The number of nitrogens with zero attached hydrogens (tertiary/aromatic N) is 3. The molecular weight excluding hydrogens is 408 g/mol. The van der Waals surface area contributed by atoms with Crippen LogP contribution in [0.1, 0.15) is 23.2 Å². The Labute approximate surface area is 174 Å². The number of sulfonamides is 1. The highest BCUT2D eigenvalue weighted by atomic mass is 32.2. The molecule has 2 fully saturated rings.